The molecule has 28 heavy (non-hydrogen) atoms. The van der Waals surface area contributed by atoms with Crippen molar-refractivity contribution in [1.82, 2.24) is 3.61 Å². The van der Waals surface area contributed by atoms with E-state index >= 15 is 0 Å². The van der Waals surface area contributed by atoms with Gasteiger partial charge in [0, 0.05) is 0 Å². The van der Waals surface area contributed by atoms with Gasteiger partial charge in [0.1, 0.15) is 0 Å². The maximum absolute atomic E-state index is 6.61. The second-order valence-electron chi connectivity index (χ2n) is 7.82. The number of benzene rings is 2. The summed E-state index contributed by atoms with van der Waals surface area (Å²) in [6.07, 6.45) is 0. The Kier molecular flexibility index (Phi) is 8.53. The topological polar surface area (TPSA) is 55.3 Å². The van der Waals surface area contributed by atoms with Crippen molar-refractivity contribution in [2.24, 2.45) is 11.5 Å². The zero-order valence-electron chi connectivity index (χ0n) is 17.6. The summed E-state index contributed by atoms with van der Waals surface area (Å²) in [5, 5.41) is 0. The number of rotatable bonds is 7. The zero-order valence-corrected chi connectivity index (χ0v) is 21.6. The Labute approximate surface area is 183 Å². The summed E-state index contributed by atoms with van der Waals surface area (Å²) in [5.74, 6) is 0. The Morgan fingerprint density at radius 2 is 1.00 bits per heavy atom. The van der Waals surface area contributed by atoms with Crippen molar-refractivity contribution >= 4 is 19.3 Å². The fourth-order valence-corrected chi connectivity index (χ4v) is 7.62. The molecular formula is C22H32Cl2N3Os. The fourth-order valence-electron chi connectivity index (χ4n) is 4.32. The van der Waals surface area contributed by atoms with Crippen LogP contribution in [0.1, 0.15) is 56.6 Å². The molecule has 0 aliphatic heterocycles. The first-order valence-corrected chi connectivity index (χ1v) is 16.9. The molecule has 0 amide bonds. The second-order valence-corrected chi connectivity index (χ2v) is 15.9. The van der Waals surface area contributed by atoms with Gasteiger partial charge in [-0.15, -0.1) is 0 Å². The van der Waals surface area contributed by atoms with Gasteiger partial charge in [0.25, 0.3) is 0 Å². The van der Waals surface area contributed by atoms with Crippen LogP contribution in [0.2, 0.25) is 0 Å². The zero-order chi connectivity index (χ0) is 21.2. The molecule has 0 bridgehead atoms. The molecule has 3 nitrogen and oxygen atoms in total. The van der Waals surface area contributed by atoms with Gasteiger partial charge in [-0.25, -0.2) is 0 Å². The first kappa shape index (κ1) is 23.8. The summed E-state index contributed by atoms with van der Waals surface area (Å²) >= 11 is -2.49. The third-order valence-electron chi connectivity index (χ3n) is 5.17. The van der Waals surface area contributed by atoms with Crippen molar-refractivity contribution < 1.29 is 14.5 Å². The van der Waals surface area contributed by atoms with Gasteiger partial charge in [0.15, 0.2) is 0 Å². The predicted octanol–water partition coefficient (Wildman–Crippen LogP) is 5.38. The molecule has 0 aromatic heterocycles. The van der Waals surface area contributed by atoms with Crippen molar-refractivity contribution in [1.29, 1.82) is 0 Å². The van der Waals surface area contributed by atoms with Crippen LogP contribution in [0.5, 0.6) is 0 Å². The Morgan fingerprint density at radius 3 is 1.25 bits per heavy atom. The Balaban J connectivity index is 2.23. The Morgan fingerprint density at radius 1 is 0.714 bits per heavy atom. The number of halogens is 2. The van der Waals surface area contributed by atoms with Gasteiger partial charge in [-0.05, 0) is 0 Å². The average Bonchev–Trinajstić information content (AvgIpc) is 2.51. The molecule has 2 atom stereocenters. The van der Waals surface area contributed by atoms with E-state index in [1.165, 1.54) is 44.5 Å². The summed E-state index contributed by atoms with van der Waals surface area (Å²) in [5.41, 5.74) is 22.9. The van der Waals surface area contributed by atoms with Gasteiger partial charge in [0.2, 0.25) is 0 Å². The molecule has 2 unspecified atom stereocenters. The number of aryl methyl sites for hydroxylation is 6. The Bertz CT molecular complexity index is 727. The third kappa shape index (κ3) is 5.79. The van der Waals surface area contributed by atoms with Crippen molar-refractivity contribution in [2.45, 2.75) is 53.6 Å². The van der Waals surface area contributed by atoms with E-state index in [-0.39, 0.29) is 12.1 Å². The van der Waals surface area contributed by atoms with Crippen LogP contribution in [-0.4, -0.2) is 16.7 Å². The van der Waals surface area contributed by atoms with Crippen LogP contribution in [0.3, 0.4) is 0 Å². The van der Waals surface area contributed by atoms with E-state index in [0.717, 1.165) is 0 Å². The van der Waals surface area contributed by atoms with Gasteiger partial charge < -0.3 is 0 Å². The van der Waals surface area contributed by atoms with Gasteiger partial charge >= 0.3 is 184 Å². The van der Waals surface area contributed by atoms with E-state index in [1.807, 2.05) is 0 Å². The van der Waals surface area contributed by atoms with Gasteiger partial charge in [-0.3, -0.25) is 0 Å². The molecule has 2 aromatic carbocycles. The van der Waals surface area contributed by atoms with Crippen LogP contribution >= 0.6 is 19.3 Å². The van der Waals surface area contributed by atoms with E-state index in [1.54, 1.807) is 0 Å². The SMILES string of the molecule is Cc1cc(C)c(C(N)C[N](CC(N)c2c(C)cc(C)cc2C)[Os]([Cl])[Cl])c(C)c1. The molecule has 6 heteroatoms. The summed E-state index contributed by atoms with van der Waals surface area (Å²) in [6.45, 7) is 13.9. The maximum atomic E-state index is 6.61. The molecule has 157 valence electrons. The molecule has 2 rings (SSSR count). The summed E-state index contributed by atoms with van der Waals surface area (Å²) in [4.78, 5) is 0. The molecule has 0 aliphatic rings. The van der Waals surface area contributed by atoms with E-state index in [9.17, 15) is 0 Å². The molecule has 2 aromatic rings. The second kappa shape index (κ2) is 10.0. The van der Waals surface area contributed by atoms with Crippen molar-refractivity contribution in [3.05, 3.63) is 68.8 Å². The number of nitrogens with two attached hydrogens (primary N) is 2. The first-order chi connectivity index (χ1) is 13.0. The third-order valence-corrected chi connectivity index (χ3v) is 10.1. The summed E-state index contributed by atoms with van der Waals surface area (Å²) < 4.78 is 2.13. The predicted molar refractivity (Wildman–Crippen MR) is 118 cm³/mol. The fraction of sp³-hybridized carbons (Fsp3) is 0.455. The Hall–Kier alpha value is -0.464. The van der Waals surface area contributed by atoms with Crippen molar-refractivity contribution in [3.8, 4) is 0 Å². The molecule has 0 spiro atoms. The molecule has 0 saturated heterocycles. The quantitative estimate of drug-likeness (QED) is 0.450. The normalized spacial score (nSPS) is 14.3. The molecule has 0 fully saturated rings. The standard InChI is InChI=1S/C22H32N3.2ClH.Os/c1-13-7-15(3)21(16(4)8-13)19(23)11-25-12-20(24)22-17(5)9-14(2)10-18(22)6;;;/h7-10,19-20H,11-12,23-24H2,1-6H3;2*1H;/q-1;;;+3/p-2. The van der Waals surface area contributed by atoms with Crippen LogP contribution in [0.4, 0.5) is 0 Å². The van der Waals surface area contributed by atoms with E-state index < -0.39 is 14.5 Å². The molecule has 0 radical (unpaired) electrons. The van der Waals surface area contributed by atoms with Crippen LogP contribution in [0.25, 0.3) is 0 Å². The van der Waals surface area contributed by atoms with Crippen LogP contribution in [0.15, 0.2) is 24.3 Å². The van der Waals surface area contributed by atoms with Crippen LogP contribution in [-0.2, 0) is 14.5 Å². The van der Waals surface area contributed by atoms with Gasteiger partial charge in [0.05, 0.1) is 0 Å². The van der Waals surface area contributed by atoms with E-state index in [4.69, 9.17) is 30.7 Å². The summed E-state index contributed by atoms with van der Waals surface area (Å²) in [6, 6.07) is 8.42. The minimum absolute atomic E-state index is 0.143. The summed E-state index contributed by atoms with van der Waals surface area (Å²) in [7, 11) is 12.9. The molecule has 0 heterocycles. The van der Waals surface area contributed by atoms with E-state index in [0.29, 0.717) is 13.1 Å². The average molecular weight is 600 g/mol. The van der Waals surface area contributed by atoms with Gasteiger partial charge in [-0.1, -0.05) is 0 Å². The van der Waals surface area contributed by atoms with E-state index in [2.05, 4.69) is 69.4 Å². The number of hydrogen-bond acceptors (Lipinski definition) is 3. The minimum atomic E-state index is -2.49. The van der Waals surface area contributed by atoms with Gasteiger partial charge in [-0.2, -0.15) is 0 Å². The van der Waals surface area contributed by atoms with Crippen molar-refractivity contribution in [2.75, 3.05) is 13.1 Å². The first-order valence-electron chi connectivity index (χ1n) is 9.43. The number of hydrogen-bond donors (Lipinski definition) is 2. The van der Waals surface area contributed by atoms with Crippen molar-refractivity contribution in [3.63, 3.8) is 0 Å². The van der Waals surface area contributed by atoms with Crippen LogP contribution in [0, 0.1) is 41.5 Å². The number of nitrogens with zero attached hydrogens (tertiary/aromatic N) is 1. The molecule has 4 N–H and O–H groups in total. The van der Waals surface area contributed by atoms with Crippen LogP contribution < -0.4 is 11.5 Å². The molecule has 0 aliphatic carbocycles. The monoisotopic (exact) mass is 600 g/mol. The molecule has 0 saturated carbocycles. The molecular weight excluding hydrogens is 567 g/mol.